The van der Waals surface area contributed by atoms with Crippen molar-refractivity contribution >= 4 is 62.3 Å². The molecule has 0 aliphatic heterocycles. The Kier molecular flexibility index (Phi) is 11.3. The van der Waals surface area contributed by atoms with Crippen molar-refractivity contribution in [1.29, 1.82) is 0 Å². The van der Waals surface area contributed by atoms with Crippen LogP contribution in [0.2, 0.25) is 15.1 Å². The van der Waals surface area contributed by atoms with Crippen LogP contribution < -0.4 is 14.4 Å². The molecule has 0 bridgehead atoms. The van der Waals surface area contributed by atoms with Gasteiger partial charge in [0.1, 0.15) is 18.3 Å². The normalized spacial score (nSPS) is 12.0. The first-order chi connectivity index (χ1) is 19.4. The van der Waals surface area contributed by atoms with Gasteiger partial charge in [0.2, 0.25) is 11.8 Å². The second-order valence-corrected chi connectivity index (χ2v) is 12.3. The number of likely N-dealkylation sites (N-methyl/N-ethyl adjacent to an activating group) is 1. The minimum absolute atomic E-state index is 0.0330. The molecule has 2 amide bonds. The Labute approximate surface area is 256 Å². The van der Waals surface area contributed by atoms with E-state index in [1.165, 1.54) is 36.3 Å². The van der Waals surface area contributed by atoms with Gasteiger partial charge < -0.3 is 15.0 Å². The molecular weight excluding hydrogens is 609 g/mol. The molecule has 12 heteroatoms. The van der Waals surface area contributed by atoms with Crippen LogP contribution in [0.1, 0.15) is 31.4 Å². The number of nitrogens with one attached hydrogen (secondary N) is 1. The van der Waals surface area contributed by atoms with Crippen LogP contribution in [0.15, 0.2) is 65.6 Å². The molecular formula is C29H32Cl3N3O5S. The topological polar surface area (TPSA) is 96.0 Å². The van der Waals surface area contributed by atoms with Crippen molar-refractivity contribution in [3.8, 4) is 5.75 Å². The maximum atomic E-state index is 14.2. The van der Waals surface area contributed by atoms with Gasteiger partial charge in [-0.15, -0.1) is 0 Å². The van der Waals surface area contributed by atoms with Crippen molar-refractivity contribution in [2.24, 2.45) is 0 Å². The predicted molar refractivity (Wildman–Crippen MR) is 163 cm³/mol. The molecule has 0 aromatic heterocycles. The van der Waals surface area contributed by atoms with E-state index in [1.54, 1.807) is 50.2 Å². The van der Waals surface area contributed by atoms with Crippen LogP contribution in [0.5, 0.6) is 5.75 Å². The van der Waals surface area contributed by atoms with Gasteiger partial charge in [-0.25, -0.2) is 8.42 Å². The largest absolute Gasteiger partial charge is 0.495 e. The van der Waals surface area contributed by atoms with Crippen molar-refractivity contribution in [1.82, 2.24) is 10.2 Å². The van der Waals surface area contributed by atoms with Crippen molar-refractivity contribution in [3.05, 3.63) is 86.9 Å². The molecule has 0 saturated carbocycles. The summed E-state index contributed by atoms with van der Waals surface area (Å²) >= 11 is 19.1. The molecule has 0 aliphatic carbocycles. The van der Waals surface area contributed by atoms with E-state index in [-0.39, 0.29) is 40.2 Å². The first-order valence-corrected chi connectivity index (χ1v) is 15.4. The third kappa shape index (κ3) is 7.65. The Balaban J connectivity index is 2.17. The first kappa shape index (κ1) is 32.5. The Bertz CT molecular complexity index is 1480. The number of rotatable bonds is 12. The summed E-state index contributed by atoms with van der Waals surface area (Å²) in [4.78, 5) is 28.5. The maximum absolute atomic E-state index is 14.2. The van der Waals surface area contributed by atoms with E-state index in [0.717, 1.165) is 9.87 Å². The number of anilines is 1. The second kappa shape index (κ2) is 14.3. The van der Waals surface area contributed by atoms with Crippen LogP contribution in [0.4, 0.5) is 5.69 Å². The van der Waals surface area contributed by atoms with Crippen LogP contribution in [0, 0.1) is 6.92 Å². The van der Waals surface area contributed by atoms with E-state index >= 15 is 0 Å². The van der Waals surface area contributed by atoms with Crippen molar-refractivity contribution in [2.45, 2.75) is 44.7 Å². The van der Waals surface area contributed by atoms with Crippen LogP contribution in [0.25, 0.3) is 0 Å². The van der Waals surface area contributed by atoms with E-state index in [4.69, 9.17) is 39.5 Å². The molecule has 0 fully saturated rings. The number of carbonyl (C=O) groups excluding carboxylic acids is 2. The van der Waals surface area contributed by atoms with Gasteiger partial charge in [-0.1, -0.05) is 65.5 Å². The van der Waals surface area contributed by atoms with Crippen LogP contribution in [0.3, 0.4) is 0 Å². The summed E-state index contributed by atoms with van der Waals surface area (Å²) < 4.78 is 34.5. The van der Waals surface area contributed by atoms with Crippen LogP contribution in [-0.4, -0.2) is 51.4 Å². The number of benzene rings is 3. The number of amides is 2. The maximum Gasteiger partial charge on any atom is 0.264 e. The molecule has 0 saturated heterocycles. The lowest BCUT2D eigenvalue weighted by Gasteiger charge is -2.33. The molecule has 0 aliphatic rings. The van der Waals surface area contributed by atoms with Gasteiger partial charge in [0.15, 0.2) is 0 Å². The summed E-state index contributed by atoms with van der Waals surface area (Å²) in [6, 6.07) is 14.7. The Hall–Kier alpha value is -2.98. The summed E-state index contributed by atoms with van der Waals surface area (Å²) in [7, 11) is -2.92. The lowest BCUT2D eigenvalue weighted by Crippen LogP contribution is -2.52. The highest BCUT2D eigenvalue weighted by molar-refractivity contribution is 7.92. The average Bonchev–Trinajstić information content (AvgIpc) is 2.93. The minimum Gasteiger partial charge on any atom is -0.495 e. The van der Waals surface area contributed by atoms with Gasteiger partial charge in [-0.3, -0.25) is 13.9 Å². The van der Waals surface area contributed by atoms with Gasteiger partial charge in [0, 0.05) is 33.7 Å². The van der Waals surface area contributed by atoms with E-state index < -0.39 is 28.5 Å². The average molecular weight is 641 g/mol. The number of methoxy groups -OCH3 is 1. The van der Waals surface area contributed by atoms with Crippen LogP contribution in [-0.2, 0) is 26.2 Å². The summed E-state index contributed by atoms with van der Waals surface area (Å²) in [6.45, 7) is 4.92. The molecule has 3 rings (SSSR count). The molecule has 1 unspecified atom stereocenters. The van der Waals surface area contributed by atoms with Gasteiger partial charge >= 0.3 is 0 Å². The molecule has 8 nitrogen and oxygen atoms in total. The quantitative estimate of drug-likeness (QED) is 0.258. The standard InChI is InChI=1S/C29H32Cl3N3O5S/c1-5-25(29(37)33-6-2)34(17-22-23(31)8-7-9-24(22)32)28(36)18-35(26-16-20(30)12-15-27(26)40-4)41(38,39)21-13-10-19(3)11-14-21/h7-16,25H,5-6,17-18H2,1-4H3,(H,33,37). The summed E-state index contributed by atoms with van der Waals surface area (Å²) in [5.74, 6) is -0.856. The van der Waals surface area contributed by atoms with Crippen LogP contribution >= 0.6 is 34.8 Å². The monoisotopic (exact) mass is 639 g/mol. The zero-order valence-electron chi connectivity index (χ0n) is 23.2. The Morgan fingerprint density at radius 3 is 2.17 bits per heavy atom. The lowest BCUT2D eigenvalue weighted by atomic mass is 10.1. The Morgan fingerprint density at radius 2 is 1.61 bits per heavy atom. The van der Waals surface area contributed by atoms with Crippen molar-refractivity contribution in [3.63, 3.8) is 0 Å². The highest BCUT2D eigenvalue weighted by Crippen LogP contribution is 2.35. The first-order valence-electron chi connectivity index (χ1n) is 12.9. The van der Waals surface area contributed by atoms with Gasteiger partial charge in [-0.2, -0.15) is 0 Å². The molecule has 0 spiro atoms. The minimum atomic E-state index is -4.31. The fraction of sp³-hybridized carbons (Fsp3) is 0.310. The number of sulfonamides is 1. The number of hydrogen-bond acceptors (Lipinski definition) is 5. The SMILES string of the molecule is CCNC(=O)C(CC)N(Cc1c(Cl)cccc1Cl)C(=O)CN(c1cc(Cl)ccc1OC)S(=O)(=O)c1ccc(C)cc1. The summed E-state index contributed by atoms with van der Waals surface area (Å²) in [5.41, 5.74) is 1.36. The number of nitrogens with zero attached hydrogens (tertiary/aromatic N) is 2. The molecule has 0 heterocycles. The molecule has 220 valence electrons. The highest BCUT2D eigenvalue weighted by Gasteiger charge is 2.35. The van der Waals surface area contributed by atoms with Gasteiger partial charge in [0.05, 0.1) is 17.7 Å². The number of hydrogen-bond donors (Lipinski definition) is 1. The van der Waals surface area contributed by atoms with Crippen molar-refractivity contribution < 1.29 is 22.7 Å². The van der Waals surface area contributed by atoms with Gasteiger partial charge in [0.25, 0.3) is 10.0 Å². The van der Waals surface area contributed by atoms with Gasteiger partial charge in [-0.05, 0) is 62.7 Å². The second-order valence-electron chi connectivity index (χ2n) is 9.18. The molecule has 3 aromatic carbocycles. The molecule has 0 radical (unpaired) electrons. The fourth-order valence-corrected chi connectivity index (χ4v) is 6.37. The smallest absolute Gasteiger partial charge is 0.264 e. The number of ether oxygens (including phenoxy) is 1. The number of carbonyl (C=O) groups is 2. The molecule has 41 heavy (non-hydrogen) atoms. The summed E-state index contributed by atoms with van der Waals surface area (Å²) in [5, 5.41) is 3.61. The number of aryl methyl sites for hydroxylation is 1. The third-order valence-corrected chi connectivity index (χ3v) is 9.14. The van der Waals surface area contributed by atoms with E-state index in [2.05, 4.69) is 5.32 Å². The zero-order chi connectivity index (χ0) is 30.3. The summed E-state index contributed by atoms with van der Waals surface area (Å²) in [6.07, 6.45) is 0.255. The zero-order valence-corrected chi connectivity index (χ0v) is 26.2. The predicted octanol–water partition coefficient (Wildman–Crippen LogP) is 6.10. The van der Waals surface area contributed by atoms with E-state index in [1.807, 2.05) is 6.92 Å². The Morgan fingerprint density at radius 1 is 0.976 bits per heavy atom. The number of halogens is 3. The van der Waals surface area contributed by atoms with Crippen molar-refractivity contribution in [2.75, 3.05) is 24.5 Å². The lowest BCUT2D eigenvalue weighted by molar-refractivity contribution is -0.140. The molecule has 3 aromatic rings. The van der Waals surface area contributed by atoms with E-state index in [9.17, 15) is 18.0 Å². The fourth-order valence-electron chi connectivity index (χ4n) is 4.27. The molecule has 1 N–H and O–H groups in total. The molecule has 1 atom stereocenters. The third-order valence-electron chi connectivity index (χ3n) is 6.42. The highest BCUT2D eigenvalue weighted by atomic mass is 35.5. The van der Waals surface area contributed by atoms with E-state index in [0.29, 0.717) is 22.2 Å².